The lowest BCUT2D eigenvalue weighted by molar-refractivity contribution is -0.155. The number of carbonyl (C=O) groups excluding carboxylic acids is 4. The maximum atomic E-state index is 15.2. The van der Waals surface area contributed by atoms with E-state index in [-0.39, 0.29) is 54.6 Å². The Morgan fingerprint density at radius 1 is 0.973 bits per heavy atom. The van der Waals surface area contributed by atoms with Gasteiger partial charge in [0.15, 0.2) is 0 Å². The van der Waals surface area contributed by atoms with Crippen LogP contribution in [0.25, 0.3) is 33.4 Å². The minimum absolute atomic E-state index is 0.0314. The van der Waals surface area contributed by atoms with Crippen LogP contribution >= 0.6 is 11.3 Å². The van der Waals surface area contributed by atoms with Gasteiger partial charge in [0.2, 0.25) is 11.8 Å². The molecule has 0 radical (unpaired) electrons. The molecule has 5 aliphatic heterocycles. The fourth-order valence-corrected chi connectivity index (χ4v) is 14.8. The number of aromatic nitrogens is 3. The molecule has 4 saturated heterocycles. The molecule has 402 valence electrons. The van der Waals surface area contributed by atoms with Crippen molar-refractivity contribution in [1.82, 2.24) is 45.0 Å². The summed E-state index contributed by atoms with van der Waals surface area (Å²) in [6.45, 7) is 9.87. The highest BCUT2D eigenvalue weighted by atomic mass is 32.1. The quantitative estimate of drug-likeness (QED) is 0.118. The van der Waals surface area contributed by atoms with Crippen molar-refractivity contribution in [2.24, 2.45) is 22.7 Å². The topological polar surface area (TPSA) is 145 Å². The fourth-order valence-electron chi connectivity index (χ4n) is 14.0. The number of nitrogens with one attached hydrogen (secondary N) is 2. The minimum Gasteiger partial charge on any atom is -0.464 e. The molecule has 18 heteroatoms. The van der Waals surface area contributed by atoms with Crippen LogP contribution in [0.4, 0.5) is 13.2 Å². The number of esters is 1. The summed E-state index contributed by atoms with van der Waals surface area (Å²) in [6, 6.07) is 7.81. The number of halogens is 3. The summed E-state index contributed by atoms with van der Waals surface area (Å²) in [6.07, 6.45) is 9.20. The molecule has 1 aromatic carbocycles. The van der Waals surface area contributed by atoms with Gasteiger partial charge in [-0.2, -0.15) is 13.2 Å². The molecule has 12 rings (SSSR count). The largest absolute Gasteiger partial charge is 0.464 e. The van der Waals surface area contributed by atoms with Crippen molar-refractivity contribution in [3.8, 4) is 22.5 Å². The fraction of sp³-hybridized carbons (Fsp3) is 0.649. The molecule has 1 unspecified atom stereocenters. The predicted molar refractivity (Wildman–Crippen MR) is 279 cm³/mol. The molecule has 6 atom stereocenters. The summed E-state index contributed by atoms with van der Waals surface area (Å²) in [5.74, 6) is -0.0614. The first kappa shape index (κ1) is 50.9. The number of hydrogen-bond donors (Lipinski definition) is 2. The third kappa shape index (κ3) is 10.1. The Hall–Kier alpha value is -4.91. The lowest BCUT2D eigenvalue weighted by Gasteiger charge is -2.56. The number of thiazole rings is 1. The molecular formula is C57H72F3N9O5S. The summed E-state index contributed by atoms with van der Waals surface area (Å²) in [7, 11) is 0. The van der Waals surface area contributed by atoms with Gasteiger partial charge in [0.1, 0.15) is 24.7 Å². The van der Waals surface area contributed by atoms with E-state index in [4.69, 9.17) is 9.72 Å². The molecule has 6 bridgehead atoms. The maximum absolute atomic E-state index is 15.2. The summed E-state index contributed by atoms with van der Waals surface area (Å²) in [4.78, 5) is 75.0. The summed E-state index contributed by atoms with van der Waals surface area (Å²) in [5.41, 5.74) is 6.52. The second-order valence-corrected chi connectivity index (χ2v) is 25.7. The average Bonchev–Trinajstić information content (AvgIpc) is 4.38. The highest BCUT2D eigenvalue weighted by Crippen LogP contribution is 2.54. The molecule has 4 aromatic rings. The van der Waals surface area contributed by atoms with Gasteiger partial charge in [0.25, 0.3) is 5.91 Å². The lowest BCUT2D eigenvalue weighted by Crippen LogP contribution is -2.68. The van der Waals surface area contributed by atoms with Crippen LogP contribution in [0.3, 0.4) is 0 Å². The molecule has 3 aliphatic carbocycles. The van der Waals surface area contributed by atoms with Crippen molar-refractivity contribution in [3.63, 3.8) is 0 Å². The molecule has 3 amide bonds. The van der Waals surface area contributed by atoms with Gasteiger partial charge < -0.3 is 19.5 Å². The van der Waals surface area contributed by atoms with E-state index in [1.54, 1.807) is 24.4 Å². The zero-order valence-electron chi connectivity index (χ0n) is 43.8. The molecule has 7 fully saturated rings. The van der Waals surface area contributed by atoms with Crippen LogP contribution in [0.1, 0.15) is 127 Å². The number of benzene rings is 1. The molecular weight excluding hydrogens is 980 g/mol. The molecule has 8 heterocycles. The van der Waals surface area contributed by atoms with E-state index >= 15 is 4.79 Å². The van der Waals surface area contributed by atoms with Gasteiger partial charge in [-0.3, -0.25) is 39.0 Å². The molecule has 8 aliphatic rings. The number of amides is 3. The van der Waals surface area contributed by atoms with Gasteiger partial charge in [0.05, 0.1) is 34.7 Å². The minimum atomic E-state index is -4.54. The van der Waals surface area contributed by atoms with E-state index in [2.05, 4.69) is 30.4 Å². The van der Waals surface area contributed by atoms with Crippen molar-refractivity contribution in [2.75, 3.05) is 39.3 Å². The highest BCUT2D eigenvalue weighted by Gasteiger charge is 2.65. The van der Waals surface area contributed by atoms with Crippen LogP contribution in [-0.2, 0) is 43.3 Å². The summed E-state index contributed by atoms with van der Waals surface area (Å²) >= 11 is 1.37. The molecule has 1 spiro atoms. The highest BCUT2D eigenvalue weighted by molar-refractivity contribution is 7.10. The first-order chi connectivity index (χ1) is 35.9. The third-order valence-corrected chi connectivity index (χ3v) is 18.6. The Labute approximate surface area is 441 Å². The zero-order chi connectivity index (χ0) is 52.1. The van der Waals surface area contributed by atoms with Gasteiger partial charge in [-0.1, -0.05) is 46.6 Å². The summed E-state index contributed by atoms with van der Waals surface area (Å²) < 4.78 is 51.6. The predicted octanol–water partition coefficient (Wildman–Crippen LogP) is 8.27. The number of cyclic esters (lactones) is 1. The Balaban J connectivity index is 0.856. The van der Waals surface area contributed by atoms with Gasteiger partial charge in [-0.15, -0.1) is 11.3 Å². The molecule has 3 saturated carbocycles. The van der Waals surface area contributed by atoms with Crippen molar-refractivity contribution < 1.29 is 37.1 Å². The number of ether oxygens (including phenoxy) is 1. The van der Waals surface area contributed by atoms with Crippen LogP contribution < -0.4 is 10.7 Å². The number of piperidine rings is 1. The van der Waals surface area contributed by atoms with Crippen molar-refractivity contribution in [2.45, 2.75) is 172 Å². The number of rotatable bonds is 10. The maximum Gasteiger partial charge on any atom is 0.406 e. The van der Waals surface area contributed by atoms with E-state index in [0.717, 1.165) is 64.7 Å². The van der Waals surface area contributed by atoms with Crippen LogP contribution in [0.15, 0.2) is 41.9 Å². The van der Waals surface area contributed by atoms with E-state index in [1.807, 2.05) is 45.2 Å². The normalized spacial score (nSPS) is 27.8. The van der Waals surface area contributed by atoms with E-state index in [0.29, 0.717) is 93.0 Å². The van der Waals surface area contributed by atoms with Crippen LogP contribution in [0, 0.1) is 22.7 Å². The number of pyridine rings is 1. The number of nitrogens with zero attached hydrogens (tertiary/aromatic N) is 7. The number of likely N-dealkylation sites (tertiary alicyclic amines) is 2. The van der Waals surface area contributed by atoms with E-state index in [1.165, 1.54) is 46.6 Å². The number of hydrazine groups is 1. The van der Waals surface area contributed by atoms with Crippen LogP contribution in [0.2, 0.25) is 0 Å². The molecule has 14 nitrogen and oxygen atoms in total. The van der Waals surface area contributed by atoms with Crippen molar-refractivity contribution in [3.05, 3.63) is 58.2 Å². The van der Waals surface area contributed by atoms with Crippen LogP contribution in [0.5, 0.6) is 0 Å². The monoisotopic (exact) mass is 1050 g/mol. The second kappa shape index (κ2) is 19.5. The first-order valence-electron chi connectivity index (χ1n) is 27.9. The molecule has 75 heavy (non-hydrogen) atoms. The van der Waals surface area contributed by atoms with E-state index < -0.39 is 42.2 Å². The standard InChI is InChI=1S/C57H72F3N9O5S/c1-33(2)46-38(12-7-21-61-46)49-40-26-55(3,4)32-74-54(73)41-13-8-23-68(64-41)52(71)42(25-45-62-43(27-75-45)36-16-19-44(39(40)24-36)67(49)31-57(58,59)60)63-51(70)48(34-10-5-6-11-34)65-22-9-20-56(28-65)29-66(30-56)53(72)50-47(35-14-15-35)69(50)37-17-18-37/h7,12,16,19,21,24,27,33-35,37,41-42,47-48,50,64H,5-6,8-11,13-15,17-18,20,22-23,25-26,28-32H2,1-4H3,(H,63,70)/t41-,42-,47+,48-,50+,69?/m0/s1. The molecule has 2 N–H and O–H groups in total. The van der Waals surface area contributed by atoms with Gasteiger partial charge in [0, 0.05) is 89.1 Å². The number of fused-ring (bicyclic) bond motifs is 6. The van der Waals surface area contributed by atoms with Crippen molar-refractivity contribution in [1.29, 1.82) is 0 Å². The van der Waals surface area contributed by atoms with Gasteiger partial charge in [-0.25, -0.2) is 10.4 Å². The lowest BCUT2D eigenvalue weighted by atomic mass is 9.72. The smallest absolute Gasteiger partial charge is 0.406 e. The zero-order valence-corrected chi connectivity index (χ0v) is 44.6. The number of hydrogen-bond acceptors (Lipinski definition) is 11. The summed E-state index contributed by atoms with van der Waals surface area (Å²) in [5, 5.41) is 7.91. The molecule has 3 aromatic heterocycles. The Bertz CT molecular complexity index is 2840. The van der Waals surface area contributed by atoms with E-state index in [9.17, 15) is 27.6 Å². The van der Waals surface area contributed by atoms with Crippen LogP contribution in [-0.4, -0.2) is 140 Å². The van der Waals surface area contributed by atoms with Crippen molar-refractivity contribution >= 4 is 45.9 Å². The number of alkyl halides is 3. The van der Waals surface area contributed by atoms with Gasteiger partial charge >= 0.3 is 12.1 Å². The number of carbonyl (C=O) groups is 4. The first-order valence-corrected chi connectivity index (χ1v) is 28.8. The van der Waals surface area contributed by atoms with Gasteiger partial charge in [-0.05, 0) is 125 Å². The SMILES string of the molecule is CC(C)c1ncccc1-c1c2c3cc(ccc3n1CC(F)(F)F)-c1csc(n1)C[C@H](NC(=O)[C@H](C1CCCC1)N1CCCC3(CN(C(=O)[C@H]4[C@@H](C5CC5)N4C4CC4)C3)C1)C(=O)N1CCC[C@H](N1)C(=O)OCC(C)(C)C2. The Morgan fingerprint density at radius 2 is 1.76 bits per heavy atom. The Kier molecular flexibility index (Phi) is 13.2. The Morgan fingerprint density at radius 3 is 2.49 bits per heavy atom. The second-order valence-electron chi connectivity index (χ2n) is 24.7. The third-order valence-electron chi connectivity index (χ3n) is 17.8. The average molecular weight is 1050 g/mol.